The molecule has 0 atom stereocenters. The van der Waals surface area contributed by atoms with E-state index in [0.717, 1.165) is 22.6 Å². The Balaban J connectivity index is 1.67. The second kappa shape index (κ2) is 6.98. The van der Waals surface area contributed by atoms with Crippen LogP contribution in [-0.2, 0) is 4.79 Å². The summed E-state index contributed by atoms with van der Waals surface area (Å²) in [5.41, 5.74) is 3.58. The predicted octanol–water partition coefficient (Wildman–Crippen LogP) is 1.83. The fourth-order valence-corrected chi connectivity index (χ4v) is 3.02. The summed E-state index contributed by atoms with van der Waals surface area (Å²) in [4.78, 5) is 12.1. The smallest absolute Gasteiger partial charge is 0.271 e. The van der Waals surface area contributed by atoms with Crippen LogP contribution in [0.15, 0.2) is 35.5 Å². The molecule has 3 rings (SSSR count). The van der Waals surface area contributed by atoms with E-state index in [2.05, 4.69) is 20.6 Å². The molecule has 9 heteroatoms. The van der Waals surface area contributed by atoms with Crippen molar-refractivity contribution in [3.63, 3.8) is 0 Å². The lowest BCUT2D eigenvalue weighted by atomic mass is 10.2. The maximum absolute atomic E-state index is 12.1. The van der Waals surface area contributed by atoms with Gasteiger partial charge < -0.3 is 11.2 Å². The van der Waals surface area contributed by atoms with E-state index in [9.17, 15) is 4.79 Å². The van der Waals surface area contributed by atoms with Crippen LogP contribution < -0.4 is 11.2 Å². The molecule has 8 nitrogen and oxygen atoms in total. The molecule has 2 heterocycles. The summed E-state index contributed by atoms with van der Waals surface area (Å²) >= 11 is 1.22. The van der Waals surface area contributed by atoms with Crippen LogP contribution in [0.3, 0.4) is 0 Å². The van der Waals surface area contributed by atoms with Crippen molar-refractivity contribution in [2.24, 2.45) is 0 Å². The number of hydrogen-bond donors (Lipinski definition) is 2. The summed E-state index contributed by atoms with van der Waals surface area (Å²) in [6.07, 6.45) is 0. The summed E-state index contributed by atoms with van der Waals surface area (Å²) in [6, 6.07) is 9.55. The molecule has 1 amide bonds. The monoisotopic (exact) mass is 357 g/mol. The molecule has 0 unspecified atom stereocenters. The van der Waals surface area contributed by atoms with Crippen LogP contribution in [0, 0.1) is 20.8 Å². The number of benzene rings is 1. The van der Waals surface area contributed by atoms with Crippen LogP contribution in [0.4, 0.5) is 5.69 Å². The average Bonchev–Trinajstić information content (AvgIpc) is 3.09. The third-order valence-corrected chi connectivity index (χ3v) is 4.54. The Morgan fingerprint density at radius 1 is 1.24 bits per heavy atom. The minimum absolute atomic E-state index is 0.130. The summed E-state index contributed by atoms with van der Waals surface area (Å²) in [6.45, 7) is 5.75. The maximum Gasteiger partial charge on any atom is 0.271 e. The Hall–Kier alpha value is -2.81. The zero-order valence-corrected chi connectivity index (χ0v) is 15.0. The van der Waals surface area contributed by atoms with Crippen molar-refractivity contribution >= 4 is 23.4 Å². The van der Waals surface area contributed by atoms with Crippen LogP contribution in [0.5, 0.6) is 0 Å². The van der Waals surface area contributed by atoms with E-state index < -0.39 is 0 Å². The van der Waals surface area contributed by atoms with Gasteiger partial charge in [0.15, 0.2) is 0 Å². The molecule has 0 spiro atoms. The van der Waals surface area contributed by atoms with Gasteiger partial charge in [-0.1, -0.05) is 30.0 Å². The highest BCUT2D eigenvalue weighted by Gasteiger charge is 2.16. The maximum atomic E-state index is 12.1. The summed E-state index contributed by atoms with van der Waals surface area (Å²) < 4.78 is 2.96. The Kier molecular flexibility index (Phi) is 4.75. The number of carbonyl (C=O) groups is 1. The van der Waals surface area contributed by atoms with Gasteiger partial charge in [0.1, 0.15) is 0 Å². The molecule has 0 saturated carbocycles. The first-order valence-corrected chi connectivity index (χ1v) is 8.66. The average molecular weight is 357 g/mol. The van der Waals surface area contributed by atoms with Gasteiger partial charge in [0.25, 0.3) is 5.95 Å². The molecular weight excluding hydrogens is 338 g/mol. The van der Waals surface area contributed by atoms with Crippen molar-refractivity contribution in [2.75, 3.05) is 16.9 Å². The number of rotatable bonds is 5. The highest BCUT2D eigenvalue weighted by molar-refractivity contribution is 7.99. The SMILES string of the molecule is Cc1cc(C)n(-c2nnc(SCC(=O)Nc3ccccc3C)n2N)n1. The van der Waals surface area contributed by atoms with Gasteiger partial charge in [0, 0.05) is 11.4 Å². The number of hydrogen-bond acceptors (Lipinski definition) is 6. The van der Waals surface area contributed by atoms with E-state index in [1.807, 2.05) is 51.1 Å². The zero-order chi connectivity index (χ0) is 18.0. The molecule has 0 bridgehead atoms. The Labute approximate surface area is 149 Å². The van der Waals surface area contributed by atoms with Crippen molar-refractivity contribution in [1.29, 1.82) is 0 Å². The largest absolute Gasteiger partial charge is 0.334 e. The number of anilines is 1. The van der Waals surface area contributed by atoms with Gasteiger partial charge >= 0.3 is 0 Å². The summed E-state index contributed by atoms with van der Waals surface area (Å²) in [5.74, 6) is 6.52. The Bertz CT molecular complexity index is 915. The second-order valence-corrected chi connectivity index (χ2v) is 6.59. The molecule has 0 fully saturated rings. The van der Waals surface area contributed by atoms with Crippen LogP contribution in [0.25, 0.3) is 5.95 Å². The van der Waals surface area contributed by atoms with Gasteiger partial charge in [0.05, 0.1) is 11.4 Å². The van der Waals surface area contributed by atoms with Gasteiger partial charge in [-0.05, 0) is 38.5 Å². The standard InChI is InChI=1S/C16H19N7OS/c1-10-6-4-5-7-13(10)18-14(24)9-25-16-20-19-15(22(16)17)23-12(3)8-11(2)21-23/h4-8H,9,17H2,1-3H3,(H,18,24). The highest BCUT2D eigenvalue weighted by Crippen LogP contribution is 2.19. The van der Waals surface area contributed by atoms with Gasteiger partial charge in [-0.3, -0.25) is 4.79 Å². The van der Waals surface area contributed by atoms with Gasteiger partial charge in [0.2, 0.25) is 11.1 Å². The highest BCUT2D eigenvalue weighted by atomic mass is 32.2. The number of carbonyl (C=O) groups excluding carboxylic acids is 1. The number of amides is 1. The molecule has 0 saturated heterocycles. The van der Waals surface area contributed by atoms with E-state index in [1.165, 1.54) is 16.4 Å². The van der Waals surface area contributed by atoms with Gasteiger partial charge in [-0.25, -0.2) is 9.36 Å². The number of nitrogen functional groups attached to an aromatic ring is 1. The number of nitrogens with zero attached hydrogens (tertiary/aromatic N) is 5. The van der Waals surface area contributed by atoms with Crippen molar-refractivity contribution < 1.29 is 4.79 Å². The van der Waals surface area contributed by atoms with Crippen LogP contribution in [-0.4, -0.2) is 36.3 Å². The lowest BCUT2D eigenvalue weighted by Gasteiger charge is -2.08. The minimum Gasteiger partial charge on any atom is -0.334 e. The molecular formula is C16H19N7OS. The number of thioether (sulfide) groups is 1. The molecule has 0 radical (unpaired) electrons. The molecule has 130 valence electrons. The predicted molar refractivity (Wildman–Crippen MR) is 97.3 cm³/mol. The fraction of sp³-hybridized carbons (Fsp3) is 0.250. The molecule has 25 heavy (non-hydrogen) atoms. The van der Waals surface area contributed by atoms with Crippen LogP contribution in [0.1, 0.15) is 17.0 Å². The van der Waals surface area contributed by atoms with Crippen molar-refractivity contribution in [3.05, 3.63) is 47.3 Å². The van der Waals surface area contributed by atoms with Gasteiger partial charge in [-0.15, -0.1) is 10.2 Å². The first-order chi connectivity index (χ1) is 12.0. The number of aromatic nitrogens is 5. The third-order valence-electron chi connectivity index (χ3n) is 3.60. The van der Waals surface area contributed by atoms with E-state index in [4.69, 9.17) is 5.84 Å². The van der Waals surface area contributed by atoms with Crippen molar-refractivity contribution in [2.45, 2.75) is 25.9 Å². The number of nitrogens with two attached hydrogens (primary N) is 1. The van der Waals surface area contributed by atoms with E-state index in [-0.39, 0.29) is 11.7 Å². The molecule has 0 aliphatic heterocycles. The van der Waals surface area contributed by atoms with E-state index in [1.54, 1.807) is 4.68 Å². The van der Waals surface area contributed by atoms with Crippen LogP contribution in [0.2, 0.25) is 0 Å². The first-order valence-electron chi connectivity index (χ1n) is 7.68. The van der Waals surface area contributed by atoms with Crippen molar-refractivity contribution in [1.82, 2.24) is 24.7 Å². The number of nitrogens with one attached hydrogen (secondary N) is 1. The molecule has 3 aromatic rings. The Morgan fingerprint density at radius 2 is 2.00 bits per heavy atom. The molecule has 2 aromatic heterocycles. The third kappa shape index (κ3) is 3.66. The Morgan fingerprint density at radius 3 is 2.68 bits per heavy atom. The number of aryl methyl sites for hydroxylation is 3. The van der Waals surface area contributed by atoms with Crippen LogP contribution >= 0.6 is 11.8 Å². The molecule has 0 aliphatic rings. The van der Waals surface area contributed by atoms with Crippen molar-refractivity contribution in [3.8, 4) is 5.95 Å². The fourth-order valence-electron chi connectivity index (χ4n) is 2.37. The number of para-hydroxylation sites is 1. The summed E-state index contributed by atoms with van der Waals surface area (Å²) in [5, 5.41) is 15.8. The quantitative estimate of drug-likeness (QED) is 0.533. The van der Waals surface area contributed by atoms with E-state index in [0.29, 0.717) is 11.1 Å². The molecule has 3 N–H and O–H groups in total. The minimum atomic E-state index is -0.130. The normalized spacial score (nSPS) is 10.8. The van der Waals surface area contributed by atoms with E-state index >= 15 is 0 Å². The topological polar surface area (TPSA) is 104 Å². The second-order valence-electron chi connectivity index (χ2n) is 5.64. The van der Waals surface area contributed by atoms with Gasteiger partial charge in [-0.2, -0.15) is 5.10 Å². The lowest BCUT2D eigenvalue weighted by Crippen LogP contribution is -2.19. The zero-order valence-electron chi connectivity index (χ0n) is 14.2. The molecule has 0 aliphatic carbocycles. The lowest BCUT2D eigenvalue weighted by molar-refractivity contribution is -0.113. The molecule has 1 aromatic carbocycles. The first kappa shape index (κ1) is 17.0. The summed E-state index contributed by atoms with van der Waals surface area (Å²) in [7, 11) is 0.